The Bertz CT molecular complexity index is 1760. The van der Waals surface area contributed by atoms with Gasteiger partial charge in [0.2, 0.25) is 0 Å². The van der Waals surface area contributed by atoms with Crippen LogP contribution in [0.25, 0.3) is 36.5 Å². The van der Waals surface area contributed by atoms with Gasteiger partial charge in [0.05, 0.1) is 0 Å². The summed E-state index contributed by atoms with van der Waals surface area (Å²) in [6, 6.07) is 58.7. The van der Waals surface area contributed by atoms with Gasteiger partial charge in [-0.25, -0.2) is 0 Å². The van der Waals surface area contributed by atoms with Crippen molar-refractivity contribution in [2.45, 2.75) is 0 Å². The Hall–Kier alpha value is -6.57. The number of allylic oxidation sites excluding steroid dienone is 6. The number of benzene rings is 6. The second-order valence-corrected chi connectivity index (χ2v) is 11.7. The molecule has 0 aliphatic carbocycles. The summed E-state index contributed by atoms with van der Waals surface area (Å²) >= 11 is 0. The summed E-state index contributed by atoms with van der Waals surface area (Å²) < 4.78 is 0. The summed E-state index contributed by atoms with van der Waals surface area (Å²) in [5.41, 5.74) is 6.16. The third-order valence-corrected chi connectivity index (χ3v) is 7.44. The fraction of sp³-hybridized carbons (Fsp3) is 0. The maximum absolute atomic E-state index is 11.6. The average Bonchev–Trinajstić information content (AvgIpc) is 3.24. The molecule has 0 unspecified atom stereocenters. The van der Waals surface area contributed by atoms with Gasteiger partial charge in [0.25, 0.3) is 0 Å². The molecule has 0 atom stereocenters. The van der Waals surface area contributed by atoms with Crippen molar-refractivity contribution in [2.24, 2.45) is 0 Å². The molecule has 6 rings (SSSR count). The molecule has 55 heavy (non-hydrogen) atoms. The molecule has 0 radical (unpaired) electrons. The molecule has 6 aromatic carbocycles. The first-order valence-electron chi connectivity index (χ1n) is 17.5. The van der Waals surface area contributed by atoms with Crippen molar-refractivity contribution in [3.63, 3.8) is 0 Å². The first kappa shape index (κ1) is 42.8. The Morgan fingerprint density at radius 1 is 0.236 bits per heavy atom. The van der Waals surface area contributed by atoms with Gasteiger partial charge in [-0.05, 0) is 69.8 Å². The van der Waals surface area contributed by atoms with Gasteiger partial charge in [0.1, 0.15) is 0 Å². The number of hydrogen-bond donors (Lipinski definition) is 0. The Morgan fingerprint density at radius 2 is 0.364 bits per heavy atom. The molecule has 0 amide bonds. The van der Waals surface area contributed by atoms with Gasteiger partial charge in [-0.1, -0.05) is 218 Å². The number of carbonyl (C=O) groups excluding carboxylic acids is 3. The van der Waals surface area contributed by atoms with Gasteiger partial charge in [0, 0.05) is 20.4 Å². The predicted octanol–water partition coefficient (Wildman–Crippen LogP) is 11.9. The minimum Gasteiger partial charge on any atom is -0.290 e. The van der Waals surface area contributed by atoms with E-state index in [0.29, 0.717) is 0 Å². The quantitative estimate of drug-likeness (QED) is 0.0914. The molecule has 3 nitrogen and oxygen atoms in total. The van der Waals surface area contributed by atoms with Crippen molar-refractivity contribution in [1.29, 1.82) is 0 Å². The molecule has 0 aromatic heterocycles. The Balaban J connectivity index is 0.000000220. The fourth-order valence-electron chi connectivity index (χ4n) is 4.62. The molecule has 0 bridgehead atoms. The van der Waals surface area contributed by atoms with Crippen LogP contribution >= 0.6 is 0 Å². The van der Waals surface area contributed by atoms with Crippen LogP contribution in [0.15, 0.2) is 218 Å². The van der Waals surface area contributed by atoms with E-state index in [1.54, 1.807) is 36.5 Å². The van der Waals surface area contributed by atoms with Crippen LogP contribution in [0.2, 0.25) is 0 Å². The third-order valence-electron chi connectivity index (χ3n) is 7.44. The van der Waals surface area contributed by atoms with Crippen molar-refractivity contribution >= 4 is 53.8 Å². The third kappa shape index (κ3) is 19.2. The van der Waals surface area contributed by atoms with E-state index < -0.39 is 0 Å². The average molecular weight is 809 g/mol. The zero-order chi connectivity index (χ0) is 37.9. The molecular formula is C51H42O3Pd. The van der Waals surface area contributed by atoms with E-state index in [1.807, 2.05) is 218 Å². The van der Waals surface area contributed by atoms with E-state index in [4.69, 9.17) is 0 Å². The maximum atomic E-state index is 11.6. The van der Waals surface area contributed by atoms with E-state index in [1.165, 1.54) is 0 Å². The number of hydrogen-bond acceptors (Lipinski definition) is 3. The van der Waals surface area contributed by atoms with Crippen molar-refractivity contribution in [3.05, 3.63) is 252 Å². The van der Waals surface area contributed by atoms with Gasteiger partial charge < -0.3 is 0 Å². The molecule has 0 fully saturated rings. The second-order valence-electron chi connectivity index (χ2n) is 11.7. The minimum absolute atomic E-state index is 0. The van der Waals surface area contributed by atoms with Crippen molar-refractivity contribution < 1.29 is 34.8 Å². The van der Waals surface area contributed by atoms with Crippen LogP contribution in [0.3, 0.4) is 0 Å². The standard InChI is InChI=1S/3C17H14O.Pd/c3*18-17(13-11-15-7-3-1-4-8-15)14-12-16-9-5-2-6-10-16;/h3*1-14H;/b3*13-11-,14-12+;. The van der Waals surface area contributed by atoms with Crippen LogP contribution in [-0.2, 0) is 34.8 Å². The number of ketones is 3. The molecule has 4 heteroatoms. The van der Waals surface area contributed by atoms with E-state index >= 15 is 0 Å². The van der Waals surface area contributed by atoms with Crippen LogP contribution < -0.4 is 0 Å². The second kappa shape index (κ2) is 26.2. The van der Waals surface area contributed by atoms with Crippen LogP contribution in [0.4, 0.5) is 0 Å². The molecule has 0 saturated carbocycles. The maximum Gasteiger partial charge on any atom is 0.178 e. The molecule has 0 heterocycles. The molecule has 274 valence electrons. The molecule has 0 saturated heterocycles. The summed E-state index contributed by atoms with van der Waals surface area (Å²) in [4.78, 5) is 34.8. The van der Waals surface area contributed by atoms with Gasteiger partial charge in [-0.3, -0.25) is 14.4 Å². The van der Waals surface area contributed by atoms with E-state index in [0.717, 1.165) is 33.4 Å². The molecule has 6 aromatic rings. The van der Waals surface area contributed by atoms with E-state index in [-0.39, 0.29) is 37.8 Å². The van der Waals surface area contributed by atoms with Crippen molar-refractivity contribution in [3.8, 4) is 0 Å². The SMILES string of the molecule is O=C(/C=C\c1ccccc1)/C=C/c1ccccc1.O=C(/C=C\c1ccccc1)/C=C/c1ccccc1.O=C(/C=C\c1ccccc1)/C=C/c1ccccc1.[Pd]. The summed E-state index contributed by atoms with van der Waals surface area (Å²) in [6.07, 6.45) is 20.4. The van der Waals surface area contributed by atoms with Crippen molar-refractivity contribution in [2.75, 3.05) is 0 Å². The van der Waals surface area contributed by atoms with E-state index in [2.05, 4.69) is 0 Å². The Morgan fingerprint density at radius 3 is 0.491 bits per heavy atom. The monoisotopic (exact) mass is 808 g/mol. The number of carbonyl (C=O) groups is 3. The molecule has 0 N–H and O–H groups in total. The fourth-order valence-corrected chi connectivity index (χ4v) is 4.62. The van der Waals surface area contributed by atoms with Crippen LogP contribution in [0.5, 0.6) is 0 Å². The molecule has 0 aliphatic heterocycles. The zero-order valence-corrected chi connectivity index (χ0v) is 31.8. The topological polar surface area (TPSA) is 51.2 Å². The van der Waals surface area contributed by atoms with E-state index in [9.17, 15) is 14.4 Å². The minimum atomic E-state index is -0.0114. The van der Waals surface area contributed by atoms with Crippen LogP contribution in [0, 0.1) is 0 Å². The van der Waals surface area contributed by atoms with Crippen LogP contribution in [0.1, 0.15) is 33.4 Å². The van der Waals surface area contributed by atoms with Crippen LogP contribution in [-0.4, -0.2) is 17.3 Å². The summed E-state index contributed by atoms with van der Waals surface area (Å²) in [5.74, 6) is -0.0341. The molecule has 0 aliphatic rings. The molecule has 0 spiro atoms. The summed E-state index contributed by atoms with van der Waals surface area (Å²) in [7, 11) is 0. The summed E-state index contributed by atoms with van der Waals surface area (Å²) in [5, 5.41) is 0. The number of rotatable bonds is 12. The van der Waals surface area contributed by atoms with Gasteiger partial charge >= 0.3 is 0 Å². The normalized spacial score (nSPS) is 10.9. The Labute approximate surface area is 338 Å². The van der Waals surface area contributed by atoms with Gasteiger partial charge in [-0.15, -0.1) is 0 Å². The zero-order valence-electron chi connectivity index (χ0n) is 30.3. The van der Waals surface area contributed by atoms with Crippen molar-refractivity contribution in [1.82, 2.24) is 0 Å². The first-order valence-corrected chi connectivity index (χ1v) is 17.5. The summed E-state index contributed by atoms with van der Waals surface area (Å²) in [6.45, 7) is 0. The molecular weight excluding hydrogens is 767 g/mol. The first-order chi connectivity index (χ1) is 26.5. The smallest absolute Gasteiger partial charge is 0.178 e. The predicted molar refractivity (Wildman–Crippen MR) is 228 cm³/mol. The van der Waals surface area contributed by atoms with Gasteiger partial charge in [-0.2, -0.15) is 0 Å². The van der Waals surface area contributed by atoms with Gasteiger partial charge in [0.15, 0.2) is 17.3 Å². The largest absolute Gasteiger partial charge is 0.290 e. The Kier molecular flexibility index (Phi) is 20.4.